The molecule has 0 amide bonds. The summed E-state index contributed by atoms with van der Waals surface area (Å²) >= 11 is 0. The lowest BCUT2D eigenvalue weighted by molar-refractivity contribution is -0.360. The Morgan fingerprint density at radius 3 is 2.64 bits per heavy atom. The molecule has 7 nitrogen and oxygen atoms in total. The fourth-order valence-electron chi connectivity index (χ4n) is 4.67. The molecule has 0 unspecified atom stereocenters. The Bertz CT molecular complexity index is 850. The molecule has 3 aliphatic heterocycles. The van der Waals surface area contributed by atoms with Gasteiger partial charge in [-0.05, 0) is 18.9 Å². The van der Waals surface area contributed by atoms with Crippen molar-refractivity contribution >= 4 is 5.90 Å². The molecule has 1 aromatic rings. The van der Waals surface area contributed by atoms with Crippen LogP contribution in [-0.4, -0.2) is 16.7 Å². The molecule has 1 aromatic heterocycles. The van der Waals surface area contributed by atoms with E-state index in [1.54, 1.807) is 24.5 Å². The molecule has 124 valence electrons. The molecule has 5 rings (SSSR count). The molecule has 0 radical (unpaired) electrons. The van der Waals surface area contributed by atoms with Crippen LogP contribution in [0.25, 0.3) is 0 Å². The van der Waals surface area contributed by atoms with Crippen LogP contribution in [0.5, 0.6) is 0 Å². The standard InChI is InChI=1S/C18H15N5O2/c19-9-16(10-20)13-5-1-2-6-18(13)24-14(12-4-3-7-23-8-12)17(16,11-21)15(22)25-18/h3-4,7-8,13-14,22H,1-2,5-6H2/t13-,14+,17-,18-/m1/s1. The number of hydrogen-bond donors (Lipinski definition) is 1. The lowest BCUT2D eigenvalue weighted by Crippen LogP contribution is -2.73. The highest BCUT2D eigenvalue weighted by molar-refractivity contribution is 5.89. The number of ether oxygens (including phenoxy) is 2. The predicted octanol–water partition coefficient (Wildman–Crippen LogP) is 2.59. The summed E-state index contributed by atoms with van der Waals surface area (Å²) in [6, 6.07) is 9.73. The minimum atomic E-state index is -1.82. The number of rotatable bonds is 1. The number of fused-ring (bicyclic) bond motifs is 2. The van der Waals surface area contributed by atoms with Crippen LogP contribution < -0.4 is 0 Å². The first-order valence-electron chi connectivity index (χ1n) is 8.20. The molecular formula is C18H15N5O2. The molecule has 0 aromatic carbocycles. The predicted molar refractivity (Wildman–Crippen MR) is 83.3 cm³/mol. The van der Waals surface area contributed by atoms with Gasteiger partial charge in [0.1, 0.15) is 6.10 Å². The Morgan fingerprint density at radius 1 is 1.20 bits per heavy atom. The maximum Gasteiger partial charge on any atom is 0.218 e. The first-order chi connectivity index (χ1) is 12.1. The first kappa shape index (κ1) is 15.6. The largest absolute Gasteiger partial charge is 0.447 e. The number of pyridine rings is 1. The molecular weight excluding hydrogens is 318 g/mol. The number of aromatic nitrogens is 1. The Morgan fingerprint density at radius 2 is 2.00 bits per heavy atom. The molecule has 1 N–H and O–H groups in total. The Labute approximate surface area is 144 Å². The quantitative estimate of drug-likeness (QED) is 0.841. The molecule has 4 heterocycles. The second kappa shape index (κ2) is 5.02. The number of hydrogen-bond acceptors (Lipinski definition) is 7. The van der Waals surface area contributed by atoms with Gasteiger partial charge in [0.2, 0.25) is 11.7 Å². The molecule has 4 fully saturated rings. The van der Waals surface area contributed by atoms with Gasteiger partial charge < -0.3 is 9.47 Å². The van der Waals surface area contributed by atoms with Crippen molar-refractivity contribution in [2.45, 2.75) is 37.6 Å². The van der Waals surface area contributed by atoms with Gasteiger partial charge in [0.05, 0.1) is 24.1 Å². The highest BCUT2D eigenvalue weighted by Crippen LogP contribution is 2.69. The minimum Gasteiger partial charge on any atom is -0.447 e. The summed E-state index contributed by atoms with van der Waals surface area (Å²) in [5.41, 5.74) is -2.95. The molecule has 2 bridgehead atoms. The third-order valence-corrected chi connectivity index (χ3v) is 5.80. The van der Waals surface area contributed by atoms with Crippen molar-refractivity contribution in [1.29, 1.82) is 21.2 Å². The normalized spacial score (nSPS) is 37.7. The van der Waals surface area contributed by atoms with E-state index >= 15 is 0 Å². The number of nitrogens with one attached hydrogen (secondary N) is 1. The zero-order chi connectivity index (χ0) is 17.7. The minimum absolute atomic E-state index is 0.351. The molecule has 1 spiro atoms. The van der Waals surface area contributed by atoms with Crippen LogP contribution in [0.1, 0.15) is 37.4 Å². The second-order valence-corrected chi connectivity index (χ2v) is 6.78. The number of nitrogens with zero attached hydrogens (tertiary/aromatic N) is 4. The van der Waals surface area contributed by atoms with Gasteiger partial charge in [0.15, 0.2) is 10.8 Å². The molecule has 1 aliphatic carbocycles. The van der Waals surface area contributed by atoms with Crippen LogP contribution in [0.15, 0.2) is 24.5 Å². The Hall–Kier alpha value is -2.95. The summed E-state index contributed by atoms with van der Waals surface area (Å²) < 4.78 is 12.1. The summed E-state index contributed by atoms with van der Waals surface area (Å²) in [4.78, 5) is 4.07. The SMILES string of the molecule is N#CC1(C#N)[C@H]2CCCC[C@@]23OC(=N)[C@@]1(C#N)[C@H](c1cccnc1)O3. The van der Waals surface area contributed by atoms with Crippen LogP contribution in [0.3, 0.4) is 0 Å². The van der Waals surface area contributed by atoms with Gasteiger partial charge in [-0.2, -0.15) is 15.8 Å². The van der Waals surface area contributed by atoms with Gasteiger partial charge >= 0.3 is 0 Å². The van der Waals surface area contributed by atoms with E-state index in [2.05, 4.69) is 23.2 Å². The van der Waals surface area contributed by atoms with E-state index in [0.717, 1.165) is 12.8 Å². The van der Waals surface area contributed by atoms with Crippen molar-refractivity contribution < 1.29 is 9.47 Å². The zero-order valence-electron chi connectivity index (χ0n) is 13.4. The van der Waals surface area contributed by atoms with Crippen LogP contribution >= 0.6 is 0 Å². The van der Waals surface area contributed by atoms with E-state index in [-0.39, 0.29) is 5.90 Å². The number of nitriles is 3. The van der Waals surface area contributed by atoms with E-state index in [0.29, 0.717) is 18.4 Å². The Balaban J connectivity index is 2.02. The summed E-state index contributed by atoms with van der Waals surface area (Å²) in [6.45, 7) is 0. The van der Waals surface area contributed by atoms with Gasteiger partial charge in [-0.25, -0.2) is 0 Å². The van der Waals surface area contributed by atoms with Crippen molar-refractivity contribution in [3.8, 4) is 18.2 Å². The fraction of sp³-hybridized carbons (Fsp3) is 0.500. The summed E-state index contributed by atoms with van der Waals surface area (Å²) in [5, 5.41) is 38.6. The van der Waals surface area contributed by atoms with Crippen LogP contribution in [-0.2, 0) is 9.47 Å². The van der Waals surface area contributed by atoms with Gasteiger partial charge in [-0.3, -0.25) is 10.4 Å². The van der Waals surface area contributed by atoms with Crippen molar-refractivity contribution in [1.82, 2.24) is 4.98 Å². The second-order valence-electron chi connectivity index (χ2n) is 6.78. The fourth-order valence-corrected chi connectivity index (χ4v) is 4.67. The maximum absolute atomic E-state index is 10.1. The average molecular weight is 333 g/mol. The molecule has 4 atom stereocenters. The smallest absolute Gasteiger partial charge is 0.218 e. The maximum atomic E-state index is 10.1. The van der Waals surface area contributed by atoms with Gasteiger partial charge in [0, 0.05) is 24.4 Å². The third kappa shape index (κ3) is 1.60. The Kier molecular flexibility index (Phi) is 3.13. The molecule has 4 aliphatic rings. The monoisotopic (exact) mass is 333 g/mol. The molecule has 25 heavy (non-hydrogen) atoms. The van der Waals surface area contributed by atoms with Gasteiger partial charge in [-0.15, -0.1) is 0 Å². The summed E-state index contributed by atoms with van der Waals surface area (Å²) in [5.74, 6) is -2.12. The summed E-state index contributed by atoms with van der Waals surface area (Å²) in [7, 11) is 0. The summed E-state index contributed by atoms with van der Waals surface area (Å²) in [6.07, 6.45) is 4.88. The van der Waals surface area contributed by atoms with Crippen molar-refractivity contribution in [2.24, 2.45) is 16.7 Å². The zero-order valence-corrected chi connectivity index (χ0v) is 13.4. The lowest BCUT2D eigenvalue weighted by Gasteiger charge is -2.63. The van der Waals surface area contributed by atoms with E-state index in [1.165, 1.54) is 0 Å². The van der Waals surface area contributed by atoms with E-state index < -0.39 is 28.6 Å². The van der Waals surface area contributed by atoms with E-state index in [4.69, 9.17) is 14.9 Å². The van der Waals surface area contributed by atoms with E-state index in [1.807, 2.05) is 0 Å². The highest BCUT2D eigenvalue weighted by Gasteiger charge is 2.80. The lowest BCUT2D eigenvalue weighted by atomic mass is 9.48. The molecule has 1 saturated carbocycles. The van der Waals surface area contributed by atoms with Crippen molar-refractivity contribution in [3.05, 3.63) is 30.1 Å². The average Bonchev–Trinajstić information content (AvgIpc) is 2.66. The van der Waals surface area contributed by atoms with Crippen LogP contribution in [0.4, 0.5) is 0 Å². The topological polar surface area (TPSA) is 127 Å². The first-order valence-corrected chi connectivity index (χ1v) is 8.20. The van der Waals surface area contributed by atoms with Crippen LogP contribution in [0, 0.1) is 56.2 Å². The van der Waals surface area contributed by atoms with Crippen LogP contribution in [0.2, 0.25) is 0 Å². The molecule has 3 saturated heterocycles. The molecule has 7 heteroatoms. The van der Waals surface area contributed by atoms with Gasteiger partial charge in [0.25, 0.3) is 0 Å². The van der Waals surface area contributed by atoms with Crippen molar-refractivity contribution in [3.63, 3.8) is 0 Å². The van der Waals surface area contributed by atoms with Crippen molar-refractivity contribution in [2.75, 3.05) is 0 Å². The van der Waals surface area contributed by atoms with Gasteiger partial charge in [-0.1, -0.05) is 12.5 Å². The highest BCUT2D eigenvalue weighted by atomic mass is 16.7. The third-order valence-electron chi connectivity index (χ3n) is 5.80. The van der Waals surface area contributed by atoms with E-state index in [9.17, 15) is 15.8 Å².